The van der Waals surface area contributed by atoms with Gasteiger partial charge >= 0.3 is 0 Å². The van der Waals surface area contributed by atoms with Gasteiger partial charge in [-0.15, -0.1) is 0 Å². The highest BCUT2D eigenvalue weighted by atomic mass is 16.5. The monoisotopic (exact) mass is 156 g/mol. The topological polar surface area (TPSA) is 44.3 Å². The minimum atomic E-state index is 0.497. The van der Waals surface area contributed by atoms with Gasteiger partial charge in [0.15, 0.2) is 0 Å². The average Bonchev–Trinajstić information content (AvgIpc) is 2.70. The first-order valence-electron chi connectivity index (χ1n) is 4.45. The summed E-state index contributed by atoms with van der Waals surface area (Å²) in [4.78, 5) is 0. The molecule has 64 valence electrons. The second-order valence-corrected chi connectivity index (χ2v) is 3.97. The number of hydrogen-bond acceptors (Lipinski definition) is 3. The molecular formula is C8H16N2O. The highest BCUT2D eigenvalue weighted by molar-refractivity contribution is 4.99. The van der Waals surface area contributed by atoms with E-state index in [9.17, 15) is 0 Å². The van der Waals surface area contributed by atoms with Gasteiger partial charge in [0, 0.05) is 12.6 Å². The predicted molar refractivity (Wildman–Crippen MR) is 42.5 cm³/mol. The van der Waals surface area contributed by atoms with Crippen LogP contribution in [0.1, 0.15) is 25.7 Å². The van der Waals surface area contributed by atoms with Gasteiger partial charge in [0.1, 0.15) is 0 Å². The third-order valence-electron chi connectivity index (χ3n) is 3.06. The molecule has 1 aliphatic heterocycles. The van der Waals surface area contributed by atoms with Crippen LogP contribution in [0.3, 0.4) is 0 Å². The first-order chi connectivity index (χ1) is 5.35. The van der Waals surface area contributed by atoms with Crippen LogP contribution in [0.25, 0.3) is 0 Å². The maximum absolute atomic E-state index is 8.52. The van der Waals surface area contributed by atoms with E-state index in [1.807, 2.05) is 0 Å². The summed E-state index contributed by atoms with van der Waals surface area (Å²) < 4.78 is 0. The van der Waals surface area contributed by atoms with Crippen LogP contribution in [-0.2, 0) is 0 Å². The van der Waals surface area contributed by atoms with Crippen molar-refractivity contribution in [3.05, 3.63) is 0 Å². The first kappa shape index (κ1) is 7.53. The highest BCUT2D eigenvalue weighted by Gasteiger charge is 2.45. The molecule has 2 aliphatic rings. The summed E-state index contributed by atoms with van der Waals surface area (Å²) in [6, 6.07) is 0.497. The van der Waals surface area contributed by atoms with Gasteiger partial charge < -0.3 is 10.5 Å². The van der Waals surface area contributed by atoms with Crippen LogP contribution in [0.15, 0.2) is 0 Å². The van der Waals surface area contributed by atoms with E-state index >= 15 is 0 Å². The third kappa shape index (κ3) is 1.55. The van der Waals surface area contributed by atoms with Gasteiger partial charge in [-0.3, -0.25) is 0 Å². The fraction of sp³-hybridized carbons (Fsp3) is 1.00. The molecule has 11 heavy (non-hydrogen) atoms. The molecule has 2 rings (SSSR count). The molecule has 3 heteroatoms. The smallest absolute Gasteiger partial charge is 0.0361 e. The number of nitrogens with one attached hydrogen (secondary N) is 2. The van der Waals surface area contributed by atoms with E-state index in [-0.39, 0.29) is 0 Å². The molecule has 0 radical (unpaired) electrons. The molecule has 1 unspecified atom stereocenters. The molecule has 1 atom stereocenters. The largest absolute Gasteiger partial charge is 0.317 e. The number of hydrogen-bond donors (Lipinski definition) is 3. The molecule has 0 aromatic heterocycles. The molecule has 1 saturated carbocycles. The SMILES string of the molecule is ONCC1CC2(CCN1)CC2. The van der Waals surface area contributed by atoms with Crippen molar-refractivity contribution in [1.29, 1.82) is 0 Å². The van der Waals surface area contributed by atoms with E-state index in [1.165, 1.54) is 25.7 Å². The fourth-order valence-electron chi connectivity index (χ4n) is 2.12. The Morgan fingerprint density at radius 1 is 1.45 bits per heavy atom. The van der Waals surface area contributed by atoms with Crippen LogP contribution in [0, 0.1) is 5.41 Å². The molecule has 1 aliphatic carbocycles. The van der Waals surface area contributed by atoms with Gasteiger partial charge in [-0.2, -0.15) is 0 Å². The van der Waals surface area contributed by atoms with Crippen LogP contribution in [0.2, 0.25) is 0 Å². The number of piperidine rings is 1. The van der Waals surface area contributed by atoms with E-state index in [0.29, 0.717) is 18.0 Å². The quantitative estimate of drug-likeness (QED) is 0.510. The van der Waals surface area contributed by atoms with Crippen LogP contribution >= 0.6 is 0 Å². The van der Waals surface area contributed by atoms with Gasteiger partial charge in [0.25, 0.3) is 0 Å². The Balaban J connectivity index is 1.83. The van der Waals surface area contributed by atoms with Crippen LogP contribution < -0.4 is 10.8 Å². The van der Waals surface area contributed by atoms with Gasteiger partial charge in [0.2, 0.25) is 0 Å². The number of rotatable bonds is 2. The average molecular weight is 156 g/mol. The third-order valence-corrected chi connectivity index (χ3v) is 3.06. The van der Waals surface area contributed by atoms with Gasteiger partial charge in [-0.25, -0.2) is 5.48 Å². The van der Waals surface area contributed by atoms with Gasteiger partial charge in [0.05, 0.1) is 0 Å². The lowest BCUT2D eigenvalue weighted by atomic mass is 9.89. The Labute approximate surface area is 67.1 Å². The van der Waals surface area contributed by atoms with E-state index < -0.39 is 0 Å². The summed E-state index contributed by atoms with van der Waals surface area (Å²) in [5.41, 5.74) is 2.93. The summed E-state index contributed by atoms with van der Waals surface area (Å²) in [5.74, 6) is 0. The summed E-state index contributed by atoms with van der Waals surface area (Å²) in [5, 5.41) is 11.9. The minimum Gasteiger partial charge on any atom is -0.317 e. The van der Waals surface area contributed by atoms with Crippen LogP contribution in [0.5, 0.6) is 0 Å². The molecule has 2 fully saturated rings. The molecule has 0 amide bonds. The van der Waals surface area contributed by atoms with Crippen LogP contribution in [0.4, 0.5) is 0 Å². The van der Waals surface area contributed by atoms with Crippen molar-refractivity contribution in [3.8, 4) is 0 Å². The molecule has 3 N–H and O–H groups in total. The van der Waals surface area contributed by atoms with Crippen molar-refractivity contribution >= 4 is 0 Å². The van der Waals surface area contributed by atoms with Crippen LogP contribution in [-0.4, -0.2) is 24.3 Å². The Morgan fingerprint density at radius 2 is 2.27 bits per heavy atom. The lowest BCUT2D eigenvalue weighted by Crippen LogP contribution is -2.44. The molecule has 3 nitrogen and oxygen atoms in total. The second kappa shape index (κ2) is 2.73. The predicted octanol–water partition coefficient (Wildman–Crippen LogP) is 0.497. The zero-order valence-corrected chi connectivity index (χ0v) is 6.77. The lowest BCUT2D eigenvalue weighted by molar-refractivity contribution is 0.139. The van der Waals surface area contributed by atoms with Crippen molar-refractivity contribution < 1.29 is 5.21 Å². The Hall–Kier alpha value is -0.120. The van der Waals surface area contributed by atoms with E-state index in [4.69, 9.17) is 5.21 Å². The molecule has 1 spiro atoms. The molecule has 1 saturated heterocycles. The van der Waals surface area contributed by atoms with Crippen molar-refractivity contribution in [2.75, 3.05) is 13.1 Å². The highest BCUT2D eigenvalue weighted by Crippen LogP contribution is 2.53. The summed E-state index contributed by atoms with van der Waals surface area (Å²) in [6.07, 6.45) is 5.42. The van der Waals surface area contributed by atoms with E-state index in [0.717, 1.165) is 6.54 Å². The van der Waals surface area contributed by atoms with Crippen molar-refractivity contribution in [2.45, 2.75) is 31.7 Å². The molecule has 0 bridgehead atoms. The van der Waals surface area contributed by atoms with Crippen molar-refractivity contribution in [3.63, 3.8) is 0 Å². The fourth-order valence-corrected chi connectivity index (χ4v) is 2.12. The van der Waals surface area contributed by atoms with E-state index in [2.05, 4.69) is 10.8 Å². The van der Waals surface area contributed by atoms with Gasteiger partial charge in [-0.1, -0.05) is 0 Å². The van der Waals surface area contributed by atoms with Crippen molar-refractivity contribution in [1.82, 2.24) is 10.8 Å². The zero-order chi connectivity index (χ0) is 7.73. The summed E-state index contributed by atoms with van der Waals surface area (Å²) in [6.45, 7) is 1.83. The Kier molecular flexibility index (Phi) is 1.87. The normalized spacial score (nSPS) is 34.1. The second-order valence-electron chi connectivity index (χ2n) is 3.97. The molecule has 1 heterocycles. The Bertz CT molecular complexity index is 143. The maximum atomic E-state index is 8.52. The lowest BCUT2D eigenvalue weighted by Gasteiger charge is -2.29. The summed E-state index contributed by atoms with van der Waals surface area (Å²) in [7, 11) is 0. The van der Waals surface area contributed by atoms with Gasteiger partial charge in [-0.05, 0) is 37.6 Å². The standard InChI is InChI=1S/C8H16N2O/c11-10-6-7-5-8(1-2-8)3-4-9-7/h7,9-11H,1-6H2. The van der Waals surface area contributed by atoms with E-state index in [1.54, 1.807) is 0 Å². The number of hydroxylamine groups is 1. The first-order valence-corrected chi connectivity index (χ1v) is 4.45. The molecular weight excluding hydrogens is 140 g/mol. The molecule has 0 aromatic rings. The maximum Gasteiger partial charge on any atom is 0.0361 e. The van der Waals surface area contributed by atoms with Crippen molar-refractivity contribution in [2.24, 2.45) is 5.41 Å². The minimum absolute atomic E-state index is 0.497. The zero-order valence-electron chi connectivity index (χ0n) is 6.77. The Morgan fingerprint density at radius 3 is 2.91 bits per heavy atom. The molecule has 0 aromatic carbocycles. The summed E-state index contributed by atoms with van der Waals surface area (Å²) >= 11 is 0.